The molecule has 0 fully saturated rings. The van der Waals surface area contributed by atoms with E-state index in [1.54, 1.807) is 13.8 Å². The third-order valence-corrected chi connectivity index (χ3v) is 4.17. The van der Waals surface area contributed by atoms with E-state index in [1.807, 2.05) is 4.34 Å². The second-order valence-electron chi connectivity index (χ2n) is 3.40. The lowest BCUT2D eigenvalue weighted by atomic mass is 10.0. The summed E-state index contributed by atoms with van der Waals surface area (Å²) in [6.45, 7) is 3.36. The summed E-state index contributed by atoms with van der Waals surface area (Å²) in [5.41, 5.74) is 0. The summed E-state index contributed by atoms with van der Waals surface area (Å²) in [4.78, 5) is 28.8. The van der Waals surface area contributed by atoms with Crippen molar-refractivity contribution in [2.45, 2.75) is 25.5 Å². The third kappa shape index (κ3) is 2.77. The molecule has 0 saturated carbocycles. The topological polar surface area (TPSA) is 107 Å². The molecule has 0 aliphatic carbocycles. The molecular weight excluding hydrogens is 277 g/mol. The van der Waals surface area contributed by atoms with Gasteiger partial charge in [-0.25, -0.2) is 9.14 Å². The van der Waals surface area contributed by atoms with Crippen LogP contribution in [0.15, 0.2) is 0 Å². The van der Waals surface area contributed by atoms with E-state index in [4.69, 9.17) is 14.9 Å². The minimum atomic E-state index is -4.77. The summed E-state index contributed by atoms with van der Waals surface area (Å²) >= 11 is 2.61. The molecule has 0 radical (unpaired) electrons. The molecule has 8 heteroatoms. The van der Waals surface area contributed by atoms with Gasteiger partial charge in [0.05, 0.1) is 0 Å². The van der Waals surface area contributed by atoms with Gasteiger partial charge in [-0.15, -0.1) is 0 Å². The maximum Gasteiger partial charge on any atom is 0.357 e. The Morgan fingerprint density at radius 1 is 1.57 bits per heavy atom. The summed E-state index contributed by atoms with van der Waals surface area (Å²) in [5.74, 6) is -1.74. The van der Waals surface area contributed by atoms with Crippen molar-refractivity contribution in [1.82, 2.24) is 4.34 Å². The molecule has 0 spiro atoms. The van der Waals surface area contributed by atoms with Crippen LogP contribution in [0.2, 0.25) is 0 Å². The Balaban J connectivity index is 5.21. The number of halogens is 1. The third-order valence-electron chi connectivity index (χ3n) is 1.71. The predicted molar refractivity (Wildman–Crippen MR) is 53.9 cm³/mol. The van der Waals surface area contributed by atoms with Crippen molar-refractivity contribution < 1.29 is 24.3 Å². The van der Waals surface area contributed by atoms with Gasteiger partial charge in [0, 0.05) is 16.1 Å². The molecule has 0 aromatic heterocycles. The fraction of sp³-hybridized carbons (Fsp3) is 0.833. The lowest BCUT2D eigenvalue weighted by molar-refractivity contribution is -0.141. The van der Waals surface area contributed by atoms with Crippen LogP contribution in [0.25, 0.3) is 0 Å². The zero-order valence-corrected chi connectivity index (χ0v) is 10.2. The Hall–Kier alpha value is 0.0600. The van der Waals surface area contributed by atoms with Crippen LogP contribution in [0, 0.1) is 5.92 Å². The van der Waals surface area contributed by atoms with Crippen LogP contribution in [0.1, 0.15) is 20.3 Å². The predicted octanol–water partition coefficient (Wildman–Crippen LogP) is 0.891. The lowest BCUT2D eigenvalue weighted by Crippen LogP contribution is -2.48. The summed E-state index contributed by atoms with van der Waals surface area (Å²) < 4.78 is 13.1. The summed E-state index contributed by atoms with van der Waals surface area (Å²) in [7, 11) is -4.77. The van der Waals surface area contributed by atoms with Crippen LogP contribution < -0.4 is 4.34 Å². The normalized spacial score (nSPS) is 16.7. The van der Waals surface area contributed by atoms with E-state index in [0.717, 1.165) is 0 Å². The van der Waals surface area contributed by atoms with Crippen LogP contribution in [0.3, 0.4) is 0 Å². The van der Waals surface area contributed by atoms with Crippen molar-refractivity contribution >= 4 is 29.7 Å². The number of carbonyl (C=O) groups is 1. The number of hydrogen-bond acceptors (Lipinski definition) is 3. The highest BCUT2D eigenvalue weighted by Gasteiger charge is 2.53. The fourth-order valence-corrected chi connectivity index (χ4v) is 3.04. The van der Waals surface area contributed by atoms with Gasteiger partial charge in [-0.05, 0) is 12.3 Å². The highest BCUT2D eigenvalue weighted by atomic mass is 79.9. The first-order chi connectivity index (χ1) is 6.17. The van der Waals surface area contributed by atoms with E-state index < -0.39 is 18.8 Å². The molecule has 0 bridgehead atoms. The van der Waals surface area contributed by atoms with Crippen LogP contribution in [0.5, 0.6) is 0 Å². The Labute approximate surface area is 90.2 Å². The van der Waals surface area contributed by atoms with E-state index >= 15 is 0 Å². The summed E-state index contributed by atoms with van der Waals surface area (Å²) in [5, 5.41) is 6.57. The second kappa shape index (κ2) is 4.72. The zero-order chi connectivity index (χ0) is 11.6. The van der Waals surface area contributed by atoms with Crippen molar-refractivity contribution in [3.05, 3.63) is 0 Å². The minimum Gasteiger partial charge on any atom is -0.479 e. The summed E-state index contributed by atoms with van der Waals surface area (Å²) in [6, 6.07) is 0. The maximum atomic E-state index is 11.1. The molecule has 6 nitrogen and oxygen atoms in total. The Kier molecular flexibility index (Phi) is 4.74. The Bertz CT molecular complexity index is 265. The van der Waals surface area contributed by atoms with Crippen LogP contribution in [0.4, 0.5) is 0 Å². The first-order valence-corrected chi connectivity index (χ1v) is 6.24. The van der Waals surface area contributed by atoms with Gasteiger partial charge in [0.2, 0.25) is 5.28 Å². The van der Waals surface area contributed by atoms with Crippen molar-refractivity contribution in [2.24, 2.45) is 5.92 Å². The van der Waals surface area contributed by atoms with Gasteiger partial charge in [-0.2, -0.15) is 0 Å². The van der Waals surface area contributed by atoms with Gasteiger partial charge in [-0.3, -0.25) is 4.57 Å². The Morgan fingerprint density at radius 2 is 2.00 bits per heavy atom. The molecule has 0 aromatic rings. The van der Waals surface area contributed by atoms with E-state index in [2.05, 4.69) is 16.1 Å². The second-order valence-corrected chi connectivity index (χ2v) is 5.65. The molecular formula is C6H13BrNO5P. The standard InChI is InChI=1S/C6H13BrNO5P/c1-4(2)3-6(8-7,5(9)10)14(11,12)13/h4,8H,3H2,1-2H3,(H,9,10)(H2,11,12,13). The molecule has 0 amide bonds. The van der Waals surface area contributed by atoms with E-state index in [0.29, 0.717) is 0 Å². The lowest BCUT2D eigenvalue weighted by Gasteiger charge is -2.29. The molecule has 84 valence electrons. The number of carboxylic acid groups (broad SMARTS) is 1. The first kappa shape index (κ1) is 14.1. The van der Waals surface area contributed by atoms with E-state index in [9.17, 15) is 9.36 Å². The highest BCUT2D eigenvalue weighted by molar-refractivity contribution is 9.08. The Morgan fingerprint density at radius 3 is 2.07 bits per heavy atom. The first-order valence-electron chi connectivity index (χ1n) is 3.84. The van der Waals surface area contributed by atoms with Crippen molar-refractivity contribution in [1.29, 1.82) is 0 Å². The summed E-state index contributed by atoms with van der Waals surface area (Å²) in [6.07, 6.45) is -0.169. The number of nitrogens with one attached hydrogen (secondary N) is 1. The molecule has 0 heterocycles. The van der Waals surface area contributed by atoms with Crippen LogP contribution in [-0.4, -0.2) is 26.1 Å². The molecule has 0 aliphatic rings. The number of hydrogen-bond donors (Lipinski definition) is 4. The van der Waals surface area contributed by atoms with Gasteiger partial charge in [0.15, 0.2) is 0 Å². The van der Waals surface area contributed by atoms with Gasteiger partial charge >= 0.3 is 13.6 Å². The van der Waals surface area contributed by atoms with Crippen LogP contribution in [-0.2, 0) is 9.36 Å². The fourth-order valence-electron chi connectivity index (χ4n) is 1.06. The van der Waals surface area contributed by atoms with Gasteiger partial charge in [0.1, 0.15) is 0 Å². The molecule has 0 rings (SSSR count). The van der Waals surface area contributed by atoms with Crippen molar-refractivity contribution in [3.63, 3.8) is 0 Å². The average molecular weight is 290 g/mol. The minimum absolute atomic E-state index is 0.163. The SMILES string of the molecule is CC(C)CC(NBr)(C(=O)O)P(=O)(O)O. The zero-order valence-electron chi connectivity index (χ0n) is 7.77. The number of carboxylic acids is 1. The molecule has 0 aromatic carbocycles. The smallest absolute Gasteiger partial charge is 0.357 e. The van der Waals surface area contributed by atoms with E-state index in [1.165, 1.54) is 0 Å². The number of aliphatic carboxylic acids is 1. The molecule has 14 heavy (non-hydrogen) atoms. The van der Waals surface area contributed by atoms with Gasteiger partial charge in [-0.1, -0.05) is 13.8 Å². The largest absolute Gasteiger partial charge is 0.479 e. The van der Waals surface area contributed by atoms with E-state index in [-0.39, 0.29) is 12.3 Å². The van der Waals surface area contributed by atoms with Gasteiger partial charge < -0.3 is 14.9 Å². The maximum absolute atomic E-state index is 11.1. The average Bonchev–Trinajstić information content (AvgIpc) is 1.96. The molecule has 0 aliphatic heterocycles. The quantitative estimate of drug-likeness (QED) is 0.442. The number of rotatable bonds is 5. The van der Waals surface area contributed by atoms with Crippen molar-refractivity contribution in [2.75, 3.05) is 0 Å². The van der Waals surface area contributed by atoms with Crippen molar-refractivity contribution in [3.8, 4) is 0 Å². The monoisotopic (exact) mass is 289 g/mol. The molecule has 4 N–H and O–H groups in total. The molecule has 1 unspecified atom stereocenters. The van der Waals surface area contributed by atoms with Crippen LogP contribution >= 0.6 is 23.7 Å². The molecule has 1 atom stereocenters. The van der Waals surface area contributed by atoms with Gasteiger partial charge in [0.25, 0.3) is 0 Å². The highest BCUT2D eigenvalue weighted by Crippen LogP contribution is 2.52. The molecule has 0 saturated heterocycles.